The van der Waals surface area contributed by atoms with Crippen LogP contribution in [0.15, 0.2) is 53.7 Å². The number of likely N-dealkylation sites (N-methyl/N-ethyl adjacent to an activating group) is 1. The van der Waals surface area contributed by atoms with Crippen LogP contribution in [0.4, 0.5) is 5.82 Å². The second-order valence-electron chi connectivity index (χ2n) is 8.73. The fraction of sp³-hybridized carbons (Fsp3) is 0.520. The van der Waals surface area contributed by atoms with Gasteiger partial charge in [0.2, 0.25) is 0 Å². The number of guanidine groups is 1. The molecule has 2 aliphatic heterocycles. The van der Waals surface area contributed by atoms with Crippen molar-refractivity contribution in [3.8, 4) is 0 Å². The molecule has 3 heterocycles. The molecule has 0 atom stereocenters. The van der Waals surface area contributed by atoms with E-state index in [0.29, 0.717) is 6.54 Å². The van der Waals surface area contributed by atoms with Crippen LogP contribution in [0.3, 0.4) is 0 Å². The van der Waals surface area contributed by atoms with Gasteiger partial charge in [-0.25, -0.2) is 9.98 Å². The number of nitrogens with one attached hydrogen (secondary N) is 1. The van der Waals surface area contributed by atoms with Gasteiger partial charge in [-0.15, -0.1) is 24.0 Å². The summed E-state index contributed by atoms with van der Waals surface area (Å²) in [5.41, 5.74) is 2.65. The first kappa shape index (κ1) is 25.7. The van der Waals surface area contributed by atoms with Crippen LogP contribution in [-0.4, -0.2) is 91.6 Å². The summed E-state index contributed by atoms with van der Waals surface area (Å²) in [5, 5.41) is 3.48. The number of benzene rings is 1. The zero-order chi connectivity index (χ0) is 22.2. The highest BCUT2D eigenvalue weighted by Crippen LogP contribution is 2.14. The molecule has 1 N–H and O–H groups in total. The molecule has 0 bridgehead atoms. The molecule has 2 fully saturated rings. The van der Waals surface area contributed by atoms with Crippen LogP contribution >= 0.6 is 24.0 Å². The number of rotatable bonds is 6. The molecule has 2 saturated heterocycles. The zero-order valence-electron chi connectivity index (χ0n) is 20.0. The largest absolute Gasteiger partial charge is 0.357 e. The number of aromatic nitrogens is 1. The minimum absolute atomic E-state index is 0. The van der Waals surface area contributed by atoms with Gasteiger partial charge in [0, 0.05) is 71.6 Å². The Hall–Kier alpha value is -1.91. The maximum atomic E-state index is 4.94. The van der Waals surface area contributed by atoms with Crippen molar-refractivity contribution >= 4 is 35.8 Å². The Morgan fingerprint density at radius 3 is 2.24 bits per heavy atom. The number of pyridine rings is 1. The highest BCUT2D eigenvalue weighted by molar-refractivity contribution is 14.0. The van der Waals surface area contributed by atoms with Crippen LogP contribution in [0.25, 0.3) is 0 Å². The van der Waals surface area contributed by atoms with Gasteiger partial charge >= 0.3 is 0 Å². The summed E-state index contributed by atoms with van der Waals surface area (Å²) in [4.78, 5) is 19.1. The molecule has 1 aromatic carbocycles. The molecule has 2 aliphatic rings. The Morgan fingerprint density at radius 2 is 1.61 bits per heavy atom. The van der Waals surface area contributed by atoms with Gasteiger partial charge in [-0.05, 0) is 37.2 Å². The lowest BCUT2D eigenvalue weighted by atomic mass is 10.1. The van der Waals surface area contributed by atoms with Crippen molar-refractivity contribution in [2.75, 3.05) is 70.9 Å². The molecule has 4 rings (SSSR count). The molecule has 0 aliphatic carbocycles. The van der Waals surface area contributed by atoms with E-state index in [9.17, 15) is 0 Å². The highest BCUT2D eigenvalue weighted by atomic mass is 127. The SMILES string of the molecule is CCNC(=NCc1ccc(CN2CCN(C)CC2)cc1)N1CCN(c2ccccn2)CC1.I. The number of piperazine rings is 2. The first-order valence-corrected chi connectivity index (χ1v) is 11.9. The van der Waals surface area contributed by atoms with Crippen LogP contribution in [0, 0.1) is 0 Å². The van der Waals surface area contributed by atoms with E-state index in [2.05, 4.69) is 80.3 Å². The topological polar surface area (TPSA) is 50.2 Å². The number of nitrogens with zero attached hydrogens (tertiary/aromatic N) is 6. The van der Waals surface area contributed by atoms with Crippen LogP contribution < -0.4 is 10.2 Å². The minimum Gasteiger partial charge on any atom is -0.357 e. The van der Waals surface area contributed by atoms with Crippen LogP contribution in [0.1, 0.15) is 18.1 Å². The third-order valence-electron chi connectivity index (χ3n) is 6.32. The van der Waals surface area contributed by atoms with Crippen molar-refractivity contribution in [1.82, 2.24) is 25.0 Å². The van der Waals surface area contributed by atoms with E-state index in [1.165, 1.54) is 11.1 Å². The average Bonchev–Trinajstić information content (AvgIpc) is 2.85. The molecule has 1 aromatic heterocycles. The standard InChI is InChI=1S/C25H37N7.HI/c1-3-26-25(32-18-16-31(17-19-32)24-6-4-5-11-27-24)28-20-22-7-9-23(10-8-22)21-30-14-12-29(2)13-15-30;/h4-11H,3,12-21H2,1-2H3,(H,26,28);1H. The monoisotopic (exact) mass is 563 g/mol. The number of anilines is 1. The molecule has 8 heteroatoms. The van der Waals surface area contributed by atoms with Crippen molar-refractivity contribution in [2.45, 2.75) is 20.0 Å². The molecular weight excluding hydrogens is 525 g/mol. The normalized spacial score (nSPS) is 18.2. The van der Waals surface area contributed by atoms with E-state index in [4.69, 9.17) is 4.99 Å². The predicted octanol–water partition coefficient (Wildman–Crippen LogP) is 2.73. The summed E-state index contributed by atoms with van der Waals surface area (Å²) in [5.74, 6) is 2.07. The summed E-state index contributed by atoms with van der Waals surface area (Å²) in [7, 11) is 2.20. The Kier molecular flexibility index (Phi) is 10.2. The summed E-state index contributed by atoms with van der Waals surface area (Å²) in [6.07, 6.45) is 1.86. The number of hydrogen-bond donors (Lipinski definition) is 1. The molecule has 0 unspecified atom stereocenters. The first-order valence-electron chi connectivity index (χ1n) is 11.9. The van der Waals surface area contributed by atoms with Crippen LogP contribution in [0.2, 0.25) is 0 Å². The van der Waals surface area contributed by atoms with Gasteiger partial charge in [-0.2, -0.15) is 0 Å². The van der Waals surface area contributed by atoms with Gasteiger partial charge < -0.3 is 20.0 Å². The molecule has 33 heavy (non-hydrogen) atoms. The Morgan fingerprint density at radius 1 is 0.909 bits per heavy atom. The number of halogens is 1. The number of aliphatic imine (C=N–C) groups is 1. The Bertz CT molecular complexity index is 843. The molecule has 0 spiro atoms. The lowest BCUT2D eigenvalue weighted by Gasteiger charge is -2.37. The van der Waals surface area contributed by atoms with Crippen molar-refractivity contribution < 1.29 is 0 Å². The fourth-order valence-corrected chi connectivity index (χ4v) is 4.29. The van der Waals surface area contributed by atoms with E-state index in [1.54, 1.807) is 0 Å². The maximum absolute atomic E-state index is 4.94. The third kappa shape index (κ3) is 7.55. The molecule has 2 aromatic rings. The van der Waals surface area contributed by atoms with Gasteiger partial charge in [-0.1, -0.05) is 30.3 Å². The number of hydrogen-bond acceptors (Lipinski definition) is 5. The molecule has 0 radical (unpaired) electrons. The van der Waals surface area contributed by atoms with Gasteiger partial charge in [0.1, 0.15) is 5.82 Å². The summed E-state index contributed by atoms with van der Waals surface area (Å²) in [6, 6.07) is 15.1. The summed E-state index contributed by atoms with van der Waals surface area (Å²) >= 11 is 0. The van der Waals surface area contributed by atoms with Crippen molar-refractivity contribution in [3.05, 3.63) is 59.8 Å². The lowest BCUT2D eigenvalue weighted by molar-refractivity contribution is 0.148. The Balaban J connectivity index is 0.00000306. The third-order valence-corrected chi connectivity index (χ3v) is 6.32. The second kappa shape index (κ2) is 13.1. The van der Waals surface area contributed by atoms with E-state index in [0.717, 1.165) is 77.2 Å². The van der Waals surface area contributed by atoms with Gasteiger partial charge in [0.25, 0.3) is 0 Å². The molecule has 7 nitrogen and oxygen atoms in total. The second-order valence-corrected chi connectivity index (χ2v) is 8.73. The lowest BCUT2D eigenvalue weighted by Crippen LogP contribution is -2.52. The smallest absolute Gasteiger partial charge is 0.194 e. The predicted molar refractivity (Wildman–Crippen MR) is 147 cm³/mol. The van der Waals surface area contributed by atoms with E-state index >= 15 is 0 Å². The van der Waals surface area contributed by atoms with E-state index < -0.39 is 0 Å². The minimum atomic E-state index is 0. The van der Waals surface area contributed by atoms with E-state index in [-0.39, 0.29) is 24.0 Å². The van der Waals surface area contributed by atoms with Gasteiger partial charge in [-0.3, -0.25) is 4.90 Å². The maximum Gasteiger partial charge on any atom is 0.194 e. The van der Waals surface area contributed by atoms with Crippen molar-refractivity contribution in [2.24, 2.45) is 4.99 Å². The summed E-state index contributed by atoms with van der Waals surface area (Å²) < 4.78 is 0. The summed E-state index contributed by atoms with van der Waals surface area (Å²) in [6.45, 7) is 13.2. The zero-order valence-corrected chi connectivity index (χ0v) is 22.3. The molecule has 0 amide bonds. The fourth-order valence-electron chi connectivity index (χ4n) is 4.29. The van der Waals surface area contributed by atoms with Gasteiger partial charge in [0.05, 0.1) is 6.54 Å². The molecular formula is C25H38IN7. The van der Waals surface area contributed by atoms with Crippen molar-refractivity contribution in [3.63, 3.8) is 0 Å². The van der Waals surface area contributed by atoms with E-state index in [1.807, 2.05) is 12.3 Å². The first-order chi connectivity index (χ1) is 15.7. The molecule has 0 saturated carbocycles. The van der Waals surface area contributed by atoms with Crippen LogP contribution in [-0.2, 0) is 13.1 Å². The van der Waals surface area contributed by atoms with Gasteiger partial charge in [0.15, 0.2) is 5.96 Å². The van der Waals surface area contributed by atoms with Crippen LogP contribution in [0.5, 0.6) is 0 Å². The highest BCUT2D eigenvalue weighted by Gasteiger charge is 2.20. The Labute approximate surface area is 215 Å². The molecule has 180 valence electrons. The average molecular weight is 564 g/mol. The van der Waals surface area contributed by atoms with Crippen molar-refractivity contribution in [1.29, 1.82) is 0 Å². The quantitative estimate of drug-likeness (QED) is 0.332.